The van der Waals surface area contributed by atoms with Crippen LogP contribution in [-0.2, 0) is 19.1 Å². The van der Waals surface area contributed by atoms with Gasteiger partial charge in [0.1, 0.15) is 5.02 Å². The Morgan fingerprint density at radius 2 is 1.57 bits per heavy atom. The van der Waals surface area contributed by atoms with Crippen LogP contribution in [0.15, 0.2) is 24.3 Å². The third-order valence-electron chi connectivity index (χ3n) is 4.14. The van der Waals surface area contributed by atoms with Gasteiger partial charge >= 0.3 is 11.9 Å². The summed E-state index contributed by atoms with van der Waals surface area (Å²) in [7, 11) is 3.84. The molecule has 1 heterocycles. The van der Waals surface area contributed by atoms with E-state index in [1.54, 1.807) is 19.1 Å². The van der Waals surface area contributed by atoms with Crippen LogP contribution in [0.2, 0.25) is 5.02 Å². The number of aromatic nitrogens is 2. The average molecular weight is 408 g/mol. The first kappa shape index (κ1) is 21.4. The summed E-state index contributed by atoms with van der Waals surface area (Å²) in [6.45, 7) is 3.62. The van der Waals surface area contributed by atoms with Gasteiger partial charge in [-0.3, -0.25) is 9.59 Å². The largest absolute Gasteiger partial charge is 0.480 e. The number of methoxy groups -OCH3 is 3. The molecule has 0 aliphatic heterocycles. The third-order valence-corrected chi connectivity index (χ3v) is 4.58. The highest BCUT2D eigenvalue weighted by Gasteiger charge is 2.38. The van der Waals surface area contributed by atoms with Crippen LogP contribution >= 0.6 is 11.6 Å². The molecule has 0 bridgehead atoms. The molecule has 8 nitrogen and oxygen atoms in total. The van der Waals surface area contributed by atoms with Crippen molar-refractivity contribution < 1.29 is 23.8 Å². The lowest BCUT2D eigenvalue weighted by molar-refractivity contribution is -0.159. The molecule has 1 aromatic heterocycles. The number of hydrogen-bond acceptors (Lipinski definition) is 8. The van der Waals surface area contributed by atoms with Crippen LogP contribution in [0.1, 0.15) is 22.9 Å². The highest BCUT2D eigenvalue weighted by atomic mass is 35.5. The summed E-state index contributed by atoms with van der Waals surface area (Å²) in [5, 5.41) is 3.30. The lowest BCUT2D eigenvalue weighted by Crippen LogP contribution is -2.36. The number of aryl methyl sites for hydroxylation is 2. The molecule has 1 aromatic carbocycles. The second-order valence-corrected chi connectivity index (χ2v) is 6.39. The number of hydrogen-bond donors (Lipinski definition) is 1. The number of anilines is 1. The van der Waals surface area contributed by atoms with Gasteiger partial charge in [0.05, 0.1) is 33.1 Å². The van der Waals surface area contributed by atoms with Crippen molar-refractivity contribution in [1.29, 1.82) is 0 Å². The van der Waals surface area contributed by atoms with Crippen molar-refractivity contribution in [3.8, 4) is 5.88 Å². The molecule has 28 heavy (non-hydrogen) atoms. The number of carbonyl (C=O) groups excluding carboxylic acids is 2. The molecule has 0 aliphatic carbocycles. The van der Waals surface area contributed by atoms with Gasteiger partial charge in [-0.05, 0) is 19.4 Å². The fourth-order valence-electron chi connectivity index (χ4n) is 2.63. The van der Waals surface area contributed by atoms with Gasteiger partial charge in [-0.15, -0.1) is 0 Å². The highest BCUT2D eigenvalue weighted by Crippen LogP contribution is 2.31. The van der Waals surface area contributed by atoms with E-state index in [1.807, 2.05) is 19.1 Å². The number of nitrogens with one attached hydrogen (secondary N) is 1. The second-order valence-electron chi connectivity index (χ2n) is 6.01. The average Bonchev–Trinajstić information content (AvgIpc) is 2.70. The van der Waals surface area contributed by atoms with E-state index in [-0.39, 0.29) is 16.9 Å². The summed E-state index contributed by atoms with van der Waals surface area (Å²) in [6.07, 6.45) is 0. The van der Waals surface area contributed by atoms with Crippen LogP contribution in [0.25, 0.3) is 0 Å². The van der Waals surface area contributed by atoms with Gasteiger partial charge in [-0.25, -0.2) is 4.98 Å². The summed E-state index contributed by atoms with van der Waals surface area (Å²) in [6, 6.07) is 6.48. The number of rotatable bonds is 7. The van der Waals surface area contributed by atoms with E-state index < -0.39 is 23.9 Å². The van der Waals surface area contributed by atoms with Gasteiger partial charge in [0.15, 0.2) is 5.92 Å². The van der Waals surface area contributed by atoms with Crippen molar-refractivity contribution in [2.24, 2.45) is 5.92 Å². The highest BCUT2D eigenvalue weighted by molar-refractivity contribution is 6.32. The van der Waals surface area contributed by atoms with Gasteiger partial charge in [-0.1, -0.05) is 41.4 Å². The maximum absolute atomic E-state index is 12.4. The van der Waals surface area contributed by atoms with Gasteiger partial charge in [-0.2, -0.15) is 4.98 Å². The van der Waals surface area contributed by atoms with Gasteiger partial charge < -0.3 is 19.5 Å². The van der Waals surface area contributed by atoms with Gasteiger partial charge in [0, 0.05) is 0 Å². The Hall–Kier alpha value is -2.87. The van der Waals surface area contributed by atoms with Gasteiger partial charge in [0.25, 0.3) is 0 Å². The molecule has 2 rings (SSSR count). The van der Waals surface area contributed by atoms with Crippen molar-refractivity contribution in [3.05, 3.63) is 46.1 Å². The van der Waals surface area contributed by atoms with E-state index in [9.17, 15) is 9.59 Å². The Balaban J connectivity index is 2.55. The number of benzene rings is 1. The van der Waals surface area contributed by atoms with Crippen LogP contribution in [0.5, 0.6) is 5.88 Å². The summed E-state index contributed by atoms with van der Waals surface area (Å²) in [4.78, 5) is 33.2. The zero-order valence-electron chi connectivity index (χ0n) is 16.3. The molecule has 0 saturated carbocycles. The topological polar surface area (TPSA) is 99.6 Å². The summed E-state index contributed by atoms with van der Waals surface area (Å²) < 4.78 is 14.8. The molecule has 1 atom stereocenters. The van der Waals surface area contributed by atoms with E-state index in [2.05, 4.69) is 15.3 Å². The smallest absolute Gasteiger partial charge is 0.322 e. The lowest BCUT2D eigenvalue weighted by atomic mass is 9.92. The number of ether oxygens (including phenoxy) is 3. The zero-order valence-corrected chi connectivity index (χ0v) is 17.0. The number of nitrogens with zero attached hydrogens (tertiary/aromatic N) is 2. The molecule has 1 N–H and O–H groups in total. The number of esters is 2. The zero-order chi connectivity index (χ0) is 20.8. The summed E-state index contributed by atoms with van der Waals surface area (Å²) in [5.41, 5.74) is 2.16. The standard InChI is InChI=1S/C19H22ClN3O5/c1-10-6-8-12(9-7-10)15(13(17(24)27-4)18(25)28-5)22-19-21-11(2)14(20)16(23-19)26-3/h6-9,13,15H,1-5H3,(H,21,22,23). The molecule has 0 amide bonds. The molecule has 1 unspecified atom stereocenters. The molecule has 0 spiro atoms. The third kappa shape index (κ3) is 4.69. The van der Waals surface area contributed by atoms with Crippen molar-refractivity contribution >= 4 is 29.5 Å². The lowest BCUT2D eigenvalue weighted by Gasteiger charge is -2.25. The predicted octanol–water partition coefficient (Wildman–Crippen LogP) is 2.87. The molecule has 0 saturated heterocycles. The van der Waals surface area contributed by atoms with Crippen molar-refractivity contribution in [2.45, 2.75) is 19.9 Å². The first-order valence-corrected chi connectivity index (χ1v) is 8.77. The first-order valence-electron chi connectivity index (χ1n) is 8.39. The van der Waals surface area contributed by atoms with E-state index >= 15 is 0 Å². The number of halogens is 1. The minimum absolute atomic E-state index is 0.141. The van der Waals surface area contributed by atoms with Crippen molar-refractivity contribution in [1.82, 2.24) is 9.97 Å². The Bertz CT molecular complexity index is 841. The molecule has 150 valence electrons. The molecule has 9 heteroatoms. The Morgan fingerprint density at radius 1 is 1.00 bits per heavy atom. The minimum Gasteiger partial charge on any atom is -0.480 e. The maximum atomic E-state index is 12.4. The minimum atomic E-state index is -1.27. The maximum Gasteiger partial charge on any atom is 0.322 e. The van der Waals surface area contributed by atoms with E-state index in [0.29, 0.717) is 11.3 Å². The van der Waals surface area contributed by atoms with Crippen molar-refractivity contribution in [2.75, 3.05) is 26.6 Å². The van der Waals surface area contributed by atoms with Crippen LogP contribution in [-0.4, -0.2) is 43.2 Å². The molecule has 0 aliphatic rings. The Labute approximate surface area is 168 Å². The molecular formula is C19H22ClN3O5. The SMILES string of the molecule is COC(=O)C(C(=O)OC)C(Nc1nc(C)c(Cl)c(OC)n1)c1ccc(C)cc1. The molecule has 0 radical (unpaired) electrons. The molecule has 2 aromatic rings. The molecular weight excluding hydrogens is 386 g/mol. The quantitative estimate of drug-likeness (QED) is 0.552. The van der Waals surface area contributed by atoms with E-state index in [1.165, 1.54) is 21.3 Å². The normalized spacial score (nSPS) is 11.7. The van der Waals surface area contributed by atoms with Crippen molar-refractivity contribution in [3.63, 3.8) is 0 Å². The monoisotopic (exact) mass is 407 g/mol. The fourth-order valence-corrected chi connectivity index (χ4v) is 2.79. The fraction of sp³-hybridized carbons (Fsp3) is 0.368. The number of carbonyl (C=O) groups is 2. The molecule has 0 fully saturated rings. The van der Waals surface area contributed by atoms with Crippen LogP contribution in [0.3, 0.4) is 0 Å². The van der Waals surface area contributed by atoms with E-state index in [0.717, 1.165) is 5.56 Å². The van der Waals surface area contributed by atoms with Crippen LogP contribution in [0, 0.1) is 19.8 Å². The van der Waals surface area contributed by atoms with Crippen LogP contribution < -0.4 is 10.1 Å². The Morgan fingerprint density at radius 3 is 2.07 bits per heavy atom. The Kier molecular flexibility index (Phi) is 7.17. The predicted molar refractivity (Wildman–Crippen MR) is 103 cm³/mol. The van der Waals surface area contributed by atoms with E-state index in [4.69, 9.17) is 25.8 Å². The van der Waals surface area contributed by atoms with Gasteiger partial charge in [0.2, 0.25) is 11.8 Å². The first-order chi connectivity index (χ1) is 13.3. The van der Waals surface area contributed by atoms with Crippen LogP contribution in [0.4, 0.5) is 5.95 Å². The summed E-state index contributed by atoms with van der Waals surface area (Å²) >= 11 is 6.12. The summed E-state index contributed by atoms with van der Waals surface area (Å²) in [5.74, 6) is -2.46. The second kappa shape index (κ2) is 9.36.